The minimum atomic E-state index is 0.487. The van der Waals surface area contributed by atoms with Gasteiger partial charge in [0.25, 0.3) is 0 Å². The number of carbonyl (C=O) groups is 1. The summed E-state index contributed by atoms with van der Waals surface area (Å²) in [6.45, 7) is 3.16. The number of hydrogen-bond donors (Lipinski definition) is 1. The predicted octanol–water partition coefficient (Wildman–Crippen LogP) is 6.29. The zero-order valence-corrected chi connectivity index (χ0v) is 17.6. The van der Waals surface area contributed by atoms with Gasteiger partial charge in [-0.15, -0.1) is 0 Å². The van der Waals surface area contributed by atoms with Crippen LogP contribution in [0.15, 0.2) is 54.7 Å². The summed E-state index contributed by atoms with van der Waals surface area (Å²) in [5, 5.41) is 6.06. The quantitative estimate of drug-likeness (QED) is 0.450. The van der Waals surface area contributed by atoms with Gasteiger partial charge in [0.05, 0.1) is 0 Å². The van der Waals surface area contributed by atoms with Crippen LogP contribution in [0.5, 0.6) is 11.6 Å². The van der Waals surface area contributed by atoms with Crippen LogP contribution in [-0.2, 0) is 6.54 Å². The predicted molar refractivity (Wildman–Crippen MR) is 121 cm³/mol. The highest BCUT2D eigenvalue weighted by Crippen LogP contribution is 2.32. The van der Waals surface area contributed by atoms with E-state index in [1.807, 2.05) is 12.1 Å². The Labute approximate surface area is 178 Å². The molecule has 1 fully saturated rings. The van der Waals surface area contributed by atoms with Gasteiger partial charge in [-0.05, 0) is 54.7 Å². The second-order valence-electron chi connectivity index (χ2n) is 8.31. The van der Waals surface area contributed by atoms with Crippen LogP contribution in [0.3, 0.4) is 0 Å². The molecule has 1 saturated carbocycles. The lowest BCUT2D eigenvalue weighted by Crippen LogP contribution is -2.32. The first-order valence-electron chi connectivity index (χ1n) is 11.1. The summed E-state index contributed by atoms with van der Waals surface area (Å²) in [4.78, 5) is 15.0. The molecular formula is C26H30N2O2. The van der Waals surface area contributed by atoms with Crippen molar-refractivity contribution in [2.75, 3.05) is 0 Å². The summed E-state index contributed by atoms with van der Waals surface area (Å²) in [6, 6.07) is 16.6. The fraction of sp³-hybridized carbons (Fsp3) is 0.385. The minimum Gasteiger partial charge on any atom is -0.438 e. The fourth-order valence-electron chi connectivity index (χ4n) is 4.53. The Balaban J connectivity index is 1.46. The molecule has 2 aromatic carbocycles. The van der Waals surface area contributed by atoms with Gasteiger partial charge in [-0.1, -0.05) is 50.1 Å². The van der Waals surface area contributed by atoms with Crippen LogP contribution in [-0.4, -0.2) is 17.3 Å². The van der Waals surface area contributed by atoms with Gasteiger partial charge < -0.3 is 10.1 Å². The van der Waals surface area contributed by atoms with Crippen molar-refractivity contribution in [1.82, 2.24) is 10.3 Å². The van der Waals surface area contributed by atoms with E-state index in [-0.39, 0.29) is 0 Å². The summed E-state index contributed by atoms with van der Waals surface area (Å²) in [7, 11) is 0. The van der Waals surface area contributed by atoms with E-state index >= 15 is 0 Å². The lowest BCUT2D eigenvalue weighted by Gasteiger charge is -2.29. The Morgan fingerprint density at radius 3 is 2.53 bits per heavy atom. The van der Waals surface area contributed by atoms with E-state index in [4.69, 9.17) is 4.74 Å². The average molecular weight is 403 g/mol. The largest absolute Gasteiger partial charge is 0.438 e. The molecule has 0 unspecified atom stereocenters. The molecule has 30 heavy (non-hydrogen) atoms. The number of pyridine rings is 1. The van der Waals surface area contributed by atoms with Crippen LogP contribution in [0.1, 0.15) is 61.4 Å². The second kappa shape index (κ2) is 9.86. The normalized spacial score (nSPS) is 19.0. The molecule has 1 aromatic heterocycles. The number of aromatic nitrogens is 1. The molecule has 1 N–H and O–H groups in total. The van der Waals surface area contributed by atoms with Crippen LogP contribution in [0, 0.1) is 5.92 Å². The molecule has 1 aliphatic rings. The van der Waals surface area contributed by atoms with E-state index < -0.39 is 0 Å². The maximum absolute atomic E-state index is 10.8. The molecule has 0 amide bonds. The maximum Gasteiger partial charge on any atom is 0.219 e. The number of aldehydes is 1. The molecular weight excluding hydrogens is 372 g/mol. The molecule has 0 atom stereocenters. The minimum absolute atomic E-state index is 0.487. The molecule has 1 heterocycles. The van der Waals surface area contributed by atoms with E-state index in [0.717, 1.165) is 29.9 Å². The van der Waals surface area contributed by atoms with Crippen molar-refractivity contribution in [2.45, 2.75) is 58.0 Å². The molecule has 0 aliphatic heterocycles. The molecule has 1 aliphatic carbocycles. The number of nitrogens with one attached hydrogen (secondary N) is 1. The summed E-state index contributed by atoms with van der Waals surface area (Å²) in [5.41, 5.74) is 1.83. The Kier molecular flexibility index (Phi) is 6.75. The third kappa shape index (κ3) is 4.88. The number of fused-ring (bicyclic) bond motifs is 1. The fourth-order valence-corrected chi connectivity index (χ4v) is 4.53. The summed E-state index contributed by atoms with van der Waals surface area (Å²) in [6.07, 6.45) is 10.3. The van der Waals surface area contributed by atoms with Crippen molar-refractivity contribution >= 4 is 17.1 Å². The monoisotopic (exact) mass is 402 g/mol. The van der Waals surface area contributed by atoms with E-state index in [2.05, 4.69) is 41.5 Å². The topological polar surface area (TPSA) is 51.2 Å². The number of rotatable bonds is 8. The van der Waals surface area contributed by atoms with E-state index in [0.29, 0.717) is 17.5 Å². The number of carbonyl (C=O) groups excluding carboxylic acids is 1. The molecule has 4 nitrogen and oxygen atoms in total. The highest BCUT2D eigenvalue weighted by molar-refractivity contribution is 5.91. The highest BCUT2D eigenvalue weighted by Gasteiger charge is 2.20. The SMILES string of the molecule is CCCC1CCC(NCc2ccc(Oc3ccc(C=O)cn3)c3ccccc23)CC1. The van der Waals surface area contributed by atoms with Crippen molar-refractivity contribution < 1.29 is 9.53 Å². The summed E-state index contributed by atoms with van der Waals surface area (Å²) in [5.74, 6) is 2.20. The van der Waals surface area contributed by atoms with Crippen LogP contribution < -0.4 is 10.1 Å². The Hall–Kier alpha value is -2.72. The first kappa shape index (κ1) is 20.5. The van der Waals surface area contributed by atoms with Crippen LogP contribution in [0.4, 0.5) is 0 Å². The zero-order valence-electron chi connectivity index (χ0n) is 17.6. The van der Waals surface area contributed by atoms with Gasteiger partial charge in [0.1, 0.15) is 5.75 Å². The molecule has 0 bridgehead atoms. The molecule has 0 radical (unpaired) electrons. The van der Waals surface area contributed by atoms with Crippen molar-refractivity contribution in [2.24, 2.45) is 5.92 Å². The van der Waals surface area contributed by atoms with E-state index in [9.17, 15) is 4.79 Å². The third-order valence-electron chi connectivity index (χ3n) is 6.21. The molecule has 156 valence electrons. The summed E-state index contributed by atoms with van der Waals surface area (Å²) >= 11 is 0. The third-order valence-corrected chi connectivity index (χ3v) is 6.21. The van der Waals surface area contributed by atoms with Crippen LogP contribution >= 0.6 is 0 Å². The van der Waals surface area contributed by atoms with Crippen molar-refractivity contribution in [1.29, 1.82) is 0 Å². The Bertz CT molecular complexity index is 976. The lowest BCUT2D eigenvalue weighted by atomic mass is 9.83. The smallest absolute Gasteiger partial charge is 0.219 e. The first-order chi connectivity index (χ1) is 14.8. The van der Waals surface area contributed by atoms with Gasteiger partial charge in [-0.3, -0.25) is 4.79 Å². The van der Waals surface area contributed by atoms with Gasteiger partial charge in [0.2, 0.25) is 5.88 Å². The molecule has 0 spiro atoms. The van der Waals surface area contributed by atoms with Gasteiger partial charge in [0.15, 0.2) is 6.29 Å². The van der Waals surface area contributed by atoms with Gasteiger partial charge in [-0.2, -0.15) is 0 Å². The molecule has 4 rings (SSSR count). The van der Waals surface area contributed by atoms with Gasteiger partial charge >= 0.3 is 0 Å². The Morgan fingerprint density at radius 2 is 1.83 bits per heavy atom. The van der Waals surface area contributed by atoms with E-state index in [1.165, 1.54) is 55.7 Å². The number of benzene rings is 2. The maximum atomic E-state index is 10.8. The van der Waals surface area contributed by atoms with E-state index in [1.54, 1.807) is 12.1 Å². The highest BCUT2D eigenvalue weighted by atomic mass is 16.5. The van der Waals surface area contributed by atoms with Crippen molar-refractivity contribution in [3.8, 4) is 11.6 Å². The van der Waals surface area contributed by atoms with Gasteiger partial charge in [-0.25, -0.2) is 4.98 Å². The van der Waals surface area contributed by atoms with Crippen LogP contribution in [0.25, 0.3) is 10.8 Å². The standard InChI is InChI=1S/C26H30N2O2/c1-2-5-19-8-12-22(13-9-19)27-17-21-11-14-25(24-7-4-3-6-23(21)24)30-26-15-10-20(18-29)16-28-26/h3-4,6-7,10-11,14-16,18-19,22,27H,2,5,8-9,12-13,17H2,1H3. The summed E-state index contributed by atoms with van der Waals surface area (Å²) < 4.78 is 6.03. The Morgan fingerprint density at radius 1 is 1.03 bits per heavy atom. The number of nitrogens with zero attached hydrogens (tertiary/aromatic N) is 1. The van der Waals surface area contributed by atoms with Crippen molar-refractivity contribution in [3.63, 3.8) is 0 Å². The molecule has 4 heteroatoms. The zero-order chi connectivity index (χ0) is 20.8. The average Bonchev–Trinajstić information content (AvgIpc) is 2.80. The lowest BCUT2D eigenvalue weighted by molar-refractivity contribution is 0.112. The second-order valence-corrected chi connectivity index (χ2v) is 8.31. The number of hydrogen-bond acceptors (Lipinski definition) is 4. The van der Waals surface area contributed by atoms with Gasteiger partial charge in [0, 0.05) is 35.8 Å². The molecule has 3 aromatic rings. The number of ether oxygens (including phenoxy) is 1. The molecule has 0 saturated heterocycles. The first-order valence-corrected chi connectivity index (χ1v) is 11.1. The van der Waals surface area contributed by atoms with Crippen molar-refractivity contribution in [3.05, 3.63) is 65.9 Å². The van der Waals surface area contributed by atoms with Crippen LogP contribution in [0.2, 0.25) is 0 Å².